The Bertz CT molecular complexity index is 468. The van der Waals surface area contributed by atoms with Gasteiger partial charge in [0.2, 0.25) is 0 Å². The van der Waals surface area contributed by atoms with Gasteiger partial charge in [-0.3, -0.25) is 0 Å². The third kappa shape index (κ3) is 2.23. The average Bonchev–Trinajstić information content (AvgIpc) is 2.89. The number of imidazole rings is 1. The van der Waals surface area contributed by atoms with Crippen LogP contribution in [0.4, 0.5) is 0 Å². The fourth-order valence-electron chi connectivity index (χ4n) is 1.64. The smallest absolute Gasteiger partial charge is 0.0949 e. The van der Waals surface area contributed by atoms with E-state index in [2.05, 4.69) is 15.6 Å². The van der Waals surface area contributed by atoms with E-state index < -0.39 is 0 Å². The summed E-state index contributed by atoms with van der Waals surface area (Å²) in [6, 6.07) is 4.12. The topological polar surface area (TPSA) is 43.0 Å². The summed E-state index contributed by atoms with van der Waals surface area (Å²) in [4.78, 5) is 4.01. The van der Waals surface area contributed by atoms with Gasteiger partial charge in [0.05, 0.1) is 19.5 Å². The molecule has 2 rings (SSSR count). The SMILES string of the molecule is Cn1c(/C=C/CO)ccc1Cn1ccnc1. The molecule has 0 aliphatic rings. The standard InChI is InChI=1S/C12H15N3O/c1-14-11(3-2-8-16)4-5-12(14)9-15-7-6-13-10-15/h2-7,10,16H,8-9H2,1H3/b3-2+. The molecule has 0 spiro atoms. The van der Waals surface area contributed by atoms with E-state index in [4.69, 9.17) is 5.11 Å². The molecule has 1 N–H and O–H groups in total. The lowest BCUT2D eigenvalue weighted by molar-refractivity contribution is 0.343. The number of aliphatic hydroxyl groups excluding tert-OH is 1. The first kappa shape index (κ1) is 10.7. The maximum atomic E-state index is 8.72. The molecular weight excluding hydrogens is 202 g/mol. The van der Waals surface area contributed by atoms with E-state index in [0.29, 0.717) is 0 Å². The predicted octanol–water partition coefficient (Wildman–Crippen LogP) is 1.28. The highest BCUT2D eigenvalue weighted by molar-refractivity contribution is 5.46. The lowest BCUT2D eigenvalue weighted by atomic mass is 10.4. The molecule has 4 nitrogen and oxygen atoms in total. The molecule has 0 atom stereocenters. The summed E-state index contributed by atoms with van der Waals surface area (Å²) < 4.78 is 4.13. The van der Waals surface area contributed by atoms with Crippen molar-refractivity contribution >= 4 is 6.08 Å². The fraction of sp³-hybridized carbons (Fsp3) is 0.250. The minimum absolute atomic E-state index is 0.0715. The fourth-order valence-corrected chi connectivity index (χ4v) is 1.64. The summed E-state index contributed by atoms with van der Waals surface area (Å²) in [5, 5.41) is 8.72. The summed E-state index contributed by atoms with van der Waals surface area (Å²) in [5.41, 5.74) is 2.29. The van der Waals surface area contributed by atoms with Crippen LogP contribution in [0.2, 0.25) is 0 Å². The van der Waals surface area contributed by atoms with Gasteiger partial charge in [0.1, 0.15) is 0 Å². The molecule has 0 aromatic carbocycles. The Morgan fingerprint density at radius 1 is 1.44 bits per heavy atom. The zero-order chi connectivity index (χ0) is 11.4. The number of nitrogens with zero attached hydrogens (tertiary/aromatic N) is 3. The summed E-state index contributed by atoms with van der Waals surface area (Å²) in [5.74, 6) is 0. The van der Waals surface area contributed by atoms with Gasteiger partial charge in [-0.25, -0.2) is 4.98 Å². The largest absolute Gasteiger partial charge is 0.392 e. The van der Waals surface area contributed by atoms with Crippen LogP contribution in [0, 0.1) is 0 Å². The maximum Gasteiger partial charge on any atom is 0.0949 e. The summed E-state index contributed by atoms with van der Waals surface area (Å²) in [7, 11) is 2.02. The van der Waals surface area contributed by atoms with Crippen LogP contribution in [0.5, 0.6) is 0 Å². The van der Waals surface area contributed by atoms with Crippen LogP contribution in [0.1, 0.15) is 11.4 Å². The van der Waals surface area contributed by atoms with Gasteiger partial charge in [-0.1, -0.05) is 6.08 Å². The van der Waals surface area contributed by atoms with E-state index in [1.54, 1.807) is 18.6 Å². The van der Waals surface area contributed by atoms with Crippen molar-refractivity contribution in [1.82, 2.24) is 14.1 Å². The molecule has 2 aromatic heterocycles. The van der Waals surface area contributed by atoms with E-state index >= 15 is 0 Å². The first-order chi connectivity index (χ1) is 7.81. The van der Waals surface area contributed by atoms with Gasteiger partial charge in [-0.15, -0.1) is 0 Å². The Labute approximate surface area is 94.5 Å². The summed E-state index contributed by atoms with van der Waals surface area (Å²) in [6.45, 7) is 0.880. The normalized spacial score (nSPS) is 11.4. The lowest BCUT2D eigenvalue weighted by Crippen LogP contribution is -2.03. The van der Waals surface area contributed by atoms with Crippen molar-refractivity contribution < 1.29 is 5.11 Å². The van der Waals surface area contributed by atoms with Gasteiger partial charge in [-0.2, -0.15) is 0 Å². The van der Waals surface area contributed by atoms with Crippen molar-refractivity contribution in [2.45, 2.75) is 6.54 Å². The number of aromatic nitrogens is 3. The van der Waals surface area contributed by atoms with Gasteiger partial charge in [0.25, 0.3) is 0 Å². The first-order valence-electron chi connectivity index (χ1n) is 5.19. The Hall–Kier alpha value is -1.81. The monoisotopic (exact) mass is 217 g/mol. The molecule has 84 valence electrons. The molecule has 2 heterocycles. The highest BCUT2D eigenvalue weighted by Crippen LogP contribution is 2.10. The van der Waals surface area contributed by atoms with Crippen molar-refractivity contribution in [3.63, 3.8) is 0 Å². The van der Waals surface area contributed by atoms with E-state index in [9.17, 15) is 0 Å². The van der Waals surface area contributed by atoms with E-state index in [1.165, 1.54) is 5.69 Å². The third-order valence-corrected chi connectivity index (χ3v) is 2.56. The van der Waals surface area contributed by atoms with Crippen LogP contribution < -0.4 is 0 Å². The van der Waals surface area contributed by atoms with Crippen LogP contribution in [0.15, 0.2) is 36.9 Å². The molecule has 0 saturated heterocycles. The zero-order valence-corrected chi connectivity index (χ0v) is 9.24. The van der Waals surface area contributed by atoms with Crippen molar-refractivity contribution in [3.05, 3.63) is 48.3 Å². The number of hydrogen-bond donors (Lipinski definition) is 1. The Morgan fingerprint density at radius 2 is 2.31 bits per heavy atom. The molecular formula is C12H15N3O. The molecule has 0 radical (unpaired) electrons. The molecule has 0 aliphatic carbocycles. The average molecular weight is 217 g/mol. The zero-order valence-electron chi connectivity index (χ0n) is 9.24. The minimum atomic E-state index is 0.0715. The Morgan fingerprint density at radius 3 is 3.00 bits per heavy atom. The third-order valence-electron chi connectivity index (χ3n) is 2.56. The van der Waals surface area contributed by atoms with Crippen molar-refractivity contribution in [1.29, 1.82) is 0 Å². The maximum absolute atomic E-state index is 8.72. The van der Waals surface area contributed by atoms with Crippen LogP contribution >= 0.6 is 0 Å². The Balaban J connectivity index is 2.17. The van der Waals surface area contributed by atoms with E-state index in [1.807, 2.05) is 30.0 Å². The number of rotatable bonds is 4. The highest BCUT2D eigenvalue weighted by atomic mass is 16.2. The molecule has 0 fully saturated rings. The number of hydrogen-bond acceptors (Lipinski definition) is 2. The van der Waals surface area contributed by atoms with Crippen molar-refractivity contribution in [2.24, 2.45) is 7.05 Å². The van der Waals surface area contributed by atoms with Crippen LogP contribution in [-0.4, -0.2) is 25.8 Å². The highest BCUT2D eigenvalue weighted by Gasteiger charge is 2.02. The lowest BCUT2D eigenvalue weighted by Gasteiger charge is -2.05. The molecule has 16 heavy (non-hydrogen) atoms. The molecule has 4 heteroatoms. The minimum Gasteiger partial charge on any atom is -0.392 e. The second-order valence-corrected chi connectivity index (χ2v) is 3.63. The first-order valence-corrected chi connectivity index (χ1v) is 5.19. The quantitative estimate of drug-likeness (QED) is 0.838. The van der Waals surface area contributed by atoms with Gasteiger partial charge < -0.3 is 14.2 Å². The van der Waals surface area contributed by atoms with Crippen molar-refractivity contribution in [3.8, 4) is 0 Å². The molecule has 2 aromatic rings. The van der Waals surface area contributed by atoms with E-state index in [-0.39, 0.29) is 6.61 Å². The molecule has 0 aliphatic heterocycles. The Kier molecular flexibility index (Phi) is 3.22. The van der Waals surface area contributed by atoms with Crippen LogP contribution in [-0.2, 0) is 13.6 Å². The van der Waals surface area contributed by atoms with Crippen LogP contribution in [0.25, 0.3) is 6.08 Å². The predicted molar refractivity (Wildman–Crippen MR) is 62.9 cm³/mol. The second-order valence-electron chi connectivity index (χ2n) is 3.63. The summed E-state index contributed by atoms with van der Waals surface area (Å²) in [6.07, 6.45) is 9.16. The molecule has 0 bridgehead atoms. The number of aliphatic hydroxyl groups is 1. The molecule has 0 saturated carbocycles. The molecule has 0 unspecified atom stereocenters. The van der Waals surface area contributed by atoms with Gasteiger partial charge in [-0.05, 0) is 18.2 Å². The summed E-state index contributed by atoms with van der Waals surface area (Å²) >= 11 is 0. The van der Waals surface area contributed by atoms with Gasteiger partial charge in [0, 0.05) is 30.8 Å². The second kappa shape index (κ2) is 4.81. The van der Waals surface area contributed by atoms with E-state index in [0.717, 1.165) is 12.2 Å². The van der Waals surface area contributed by atoms with Gasteiger partial charge >= 0.3 is 0 Å². The van der Waals surface area contributed by atoms with Gasteiger partial charge in [0.15, 0.2) is 0 Å². The van der Waals surface area contributed by atoms with Crippen LogP contribution in [0.3, 0.4) is 0 Å². The molecule has 0 amide bonds. The van der Waals surface area contributed by atoms with Crippen molar-refractivity contribution in [2.75, 3.05) is 6.61 Å².